The van der Waals surface area contributed by atoms with Crippen molar-refractivity contribution >= 4 is 41.6 Å². The third kappa shape index (κ3) is 4.65. The topological polar surface area (TPSA) is 55.8 Å². The lowest BCUT2D eigenvalue weighted by Gasteiger charge is -2.21. The van der Waals surface area contributed by atoms with Crippen LogP contribution >= 0.6 is 22.6 Å². The third-order valence-corrected chi connectivity index (χ3v) is 2.02. The van der Waals surface area contributed by atoms with Crippen LogP contribution in [0.3, 0.4) is 0 Å². The zero-order valence-corrected chi connectivity index (χ0v) is 10.7. The first kappa shape index (κ1) is 12.5. The molecule has 0 aliphatic carbocycles. The van der Waals surface area contributed by atoms with Crippen LogP contribution in [0.5, 0.6) is 0 Å². The highest BCUT2D eigenvalue weighted by atomic mass is 127. The molecule has 7 heteroatoms. The average Bonchev–Trinajstić information content (AvgIpc) is 1.98. The molecule has 0 unspecified atom stereocenters. The van der Waals surface area contributed by atoms with Crippen molar-refractivity contribution in [3.63, 3.8) is 0 Å². The normalized spacial score (nSPS) is 20.5. The number of nitrogens with zero attached hydrogens (tertiary/aromatic N) is 1. The first-order valence-electron chi connectivity index (χ1n) is 4.39. The average molecular weight is 323 g/mol. The summed E-state index contributed by atoms with van der Waals surface area (Å²) in [7, 11) is 0.762. The maximum atomic E-state index is 11.3. The summed E-state index contributed by atoms with van der Waals surface area (Å²) in [5, 5.41) is 0. The molecular formula is C8H11BINO4. The van der Waals surface area contributed by atoms with Gasteiger partial charge in [0.15, 0.2) is 0 Å². The van der Waals surface area contributed by atoms with E-state index in [1.165, 1.54) is 0 Å². The van der Waals surface area contributed by atoms with Gasteiger partial charge >= 0.3 is 19.1 Å². The summed E-state index contributed by atoms with van der Waals surface area (Å²) in [6.07, 6.45) is 0. The Morgan fingerprint density at radius 1 is 1.40 bits per heavy atom. The zero-order valence-electron chi connectivity index (χ0n) is 8.53. The van der Waals surface area contributed by atoms with Crippen LogP contribution in [0.25, 0.3) is 0 Å². The van der Waals surface area contributed by atoms with E-state index in [1.807, 2.05) is 6.92 Å². The molecule has 1 fully saturated rings. The van der Waals surface area contributed by atoms with Crippen LogP contribution in [0, 0.1) is 0 Å². The highest BCUT2D eigenvalue weighted by Gasteiger charge is 2.29. The fraction of sp³-hybridized carbons (Fsp3) is 0.500. The van der Waals surface area contributed by atoms with E-state index >= 15 is 0 Å². The SMILES string of the molecule is C/C(I)=C\B1OC(=O)CN(C)CC(=O)O1. The number of hydrogen-bond acceptors (Lipinski definition) is 5. The quantitative estimate of drug-likeness (QED) is 0.516. The van der Waals surface area contributed by atoms with E-state index in [-0.39, 0.29) is 13.1 Å². The van der Waals surface area contributed by atoms with Crippen LogP contribution in [-0.4, -0.2) is 44.1 Å². The van der Waals surface area contributed by atoms with E-state index in [4.69, 9.17) is 9.31 Å². The van der Waals surface area contributed by atoms with Crippen molar-refractivity contribution in [2.24, 2.45) is 0 Å². The third-order valence-electron chi connectivity index (χ3n) is 1.66. The Morgan fingerprint density at radius 2 is 1.87 bits per heavy atom. The molecule has 0 bridgehead atoms. The number of rotatable bonds is 1. The lowest BCUT2D eigenvalue weighted by molar-refractivity contribution is -0.145. The Kier molecular flexibility index (Phi) is 4.58. The van der Waals surface area contributed by atoms with Gasteiger partial charge in [-0.2, -0.15) is 0 Å². The van der Waals surface area contributed by atoms with Crippen molar-refractivity contribution in [2.45, 2.75) is 6.92 Å². The summed E-state index contributed by atoms with van der Waals surface area (Å²) in [4.78, 5) is 24.1. The van der Waals surface area contributed by atoms with Crippen molar-refractivity contribution in [2.75, 3.05) is 20.1 Å². The van der Waals surface area contributed by atoms with E-state index in [0.717, 1.165) is 3.58 Å². The van der Waals surface area contributed by atoms with Crippen molar-refractivity contribution in [1.82, 2.24) is 4.90 Å². The lowest BCUT2D eigenvalue weighted by atomic mass is 9.89. The molecule has 0 N–H and O–H groups in total. The molecule has 0 atom stereocenters. The fourth-order valence-electron chi connectivity index (χ4n) is 1.11. The number of carbonyl (C=O) groups excluding carboxylic acids is 2. The Labute approximate surface area is 102 Å². The molecule has 0 aromatic carbocycles. The largest absolute Gasteiger partial charge is 0.629 e. The standard InChI is InChI=1S/C8H11BINO4/c1-6(10)3-9-14-7(12)4-11(2)5-8(13)15-9/h3H,4-5H2,1-2H3/b6-3+. The Balaban J connectivity index is 2.70. The molecule has 1 heterocycles. The molecular weight excluding hydrogens is 312 g/mol. The minimum Gasteiger partial charge on any atom is -0.495 e. The van der Waals surface area contributed by atoms with E-state index < -0.39 is 19.1 Å². The summed E-state index contributed by atoms with van der Waals surface area (Å²) in [5.74, 6) is 0.787. The van der Waals surface area contributed by atoms with Gasteiger partial charge in [-0.1, -0.05) is 22.6 Å². The maximum absolute atomic E-state index is 11.3. The molecule has 0 saturated carbocycles. The molecule has 0 spiro atoms. The summed E-state index contributed by atoms with van der Waals surface area (Å²) in [6, 6.07) is 0. The van der Waals surface area contributed by atoms with Gasteiger partial charge < -0.3 is 9.31 Å². The summed E-state index contributed by atoms with van der Waals surface area (Å²) in [6.45, 7) is 2.02. The first-order chi connectivity index (χ1) is 6.97. The van der Waals surface area contributed by atoms with Gasteiger partial charge in [0.05, 0.1) is 13.1 Å². The summed E-state index contributed by atoms with van der Waals surface area (Å²) < 4.78 is 10.8. The minimum absolute atomic E-state index is 0.0970. The molecule has 0 radical (unpaired) electrons. The minimum atomic E-state index is -0.893. The Bertz CT molecular complexity index is 283. The van der Waals surface area contributed by atoms with Gasteiger partial charge in [0.2, 0.25) is 0 Å². The number of likely N-dealkylation sites (N-methyl/N-ethyl adjacent to an activating group) is 1. The molecule has 1 aliphatic rings. The number of carbonyl (C=O) groups is 2. The molecule has 5 nitrogen and oxygen atoms in total. The highest BCUT2D eigenvalue weighted by molar-refractivity contribution is 14.1. The van der Waals surface area contributed by atoms with Gasteiger partial charge in [0, 0.05) is 0 Å². The van der Waals surface area contributed by atoms with Crippen LogP contribution in [0.4, 0.5) is 0 Å². The summed E-state index contributed by atoms with van der Waals surface area (Å²) in [5.41, 5.74) is 0. The van der Waals surface area contributed by atoms with Gasteiger partial charge in [0.25, 0.3) is 0 Å². The molecule has 0 aromatic heterocycles. The van der Waals surface area contributed by atoms with Crippen molar-refractivity contribution in [1.29, 1.82) is 0 Å². The molecule has 1 rings (SSSR count). The fourth-order valence-corrected chi connectivity index (χ4v) is 1.40. The Morgan fingerprint density at radius 3 is 2.27 bits per heavy atom. The van der Waals surface area contributed by atoms with Gasteiger partial charge in [-0.05, 0) is 23.5 Å². The predicted octanol–water partition coefficient (Wildman–Crippen LogP) is 0.384. The molecule has 1 saturated heterocycles. The number of allylic oxidation sites excluding steroid dienone is 1. The van der Waals surface area contributed by atoms with Crippen molar-refractivity contribution in [3.8, 4) is 0 Å². The second-order valence-electron chi connectivity index (χ2n) is 3.27. The van der Waals surface area contributed by atoms with Gasteiger partial charge in [0.1, 0.15) is 0 Å². The first-order valence-corrected chi connectivity index (χ1v) is 5.46. The van der Waals surface area contributed by atoms with Crippen LogP contribution in [0.2, 0.25) is 0 Å². The van der Waals surface area contributed by atoms with Crippen LogP contribution in [0.1, 0.15) is 6.92 Å². The van der Waals surface area contributed by atoms with Crippen molar-refractivity contribution in [3.05, 3.63) is 9.56 Å². The van der Waals surface area contributed by atoms with Crippen molar-refractivity contribution < 1.29 is 18.9 Å². The van der Waals surface area contributed by atoms with E-state index in [1.54, 1.807) is 17.9 Å². The van der Waals surface area contributed by atoms with E-state index in [9.17, 15) is 9.59 Å². The Hall–Kier alpha value is -0.565. The molecule has 1 aliphatic heterocycles. The smallest absolute Gasteiger partial charge is 0.495 e. The lowest BCUT2D eigenvalue weighted by Crippen LogP contribution is -2.41. The van der Waals surface area contributed by atoms with Crippen LogP contribution < -0.4 is 0 Å². The van der Waals surface area contributed by atoms with E-state index in [0.29, 0.717) is 0 Å². The number of halogens is 1. The van der Waals surface area contributed by atoms with Crippen LogP contribution in [-0.2, 0) is 18.9 Å². The van der Waals surface area contributed by atoms with Gasteiger partial charge in [-0.25, -0.2) is 0 Å². The predicted molar refractivity (Wildman–Crippen MR) is 63.2 cm³/mol. The van der Waals surface area contributed by atoms with Crippen LogP contribution in [0.15, 0.2) is 9.56 Å². The monoisotopic (exact) mass is 323 g/mol. The molecule has 15 heavy (non-hydrogen) atoms. The molecule has 82 valence electrons. The summed E-state index contributed by atoms with van der Waals surface area (Å²) >= 11 is 2.05. The maximum Gasteiger partial charge on any atom is 0.629 e. The molecule has 0 amide bonds. The van der Waals surface area contributed by atoms with Gasteiger partial charge in [-0.15, -0.1) is 0 Å². The van der Waals surface area contributed by atoms with Gasteiger partial charge in [-0.3, -0.25) is 14.5 Å². The highest BCUT2D eigenvalue weighted by Crippen LogP contribution is 2.08. The zero-order chi connectivity index (χ0) is 11.4. The second-order valence-corrected chi connectivity index (χ2v) is 4.98. The second kappa shape index (κ2) is 5.50. The molecule has 0 aromatic rings. The van der Waals surface area contributed by atoms with E-state index in [2.05, 4.69) is 22.6 Å². The number of hydrogen-bond donors (Lipinski definition) is 0.